The molecule has 1 fully saturated rings. The molecule has 148 valence electrons. The van der Waals surface area contributed by atoms with E-state index in [0.717, 1.165) is 11.8 Å². The fraction of sp³-hybridized carbons (Fsp3) is 0.438. The molecule has 0 aromatic heterocycles. The van der Waals surface area contributed by atoms with Gasteiger partial charge in [-0.3, -0.25) is 18.9 Å². The van der Waals surface area contributed by atoms with E-state index in [1.165, 1.54) is 6.07 Å². The van der Waals surface area contributed by atoms with E-state index in [1.807, 2.05) is 0 Å². The minimum Gasteiger partial charge on any atom is -0.350 e. The molecule has 8 nitrogen and oxygen atoms in total. The predicted octanol–water partition coefficient (Wildman–Crippen LogP) is 1.74. The molecular formula is C16H19Cl2N2O6P. The molecule has 0 heterocycles. The summed E-state index contributed by atoms with van der Waals surface area (Å²) in [5.74, 6) is -2.26. The molecule has 1 aromatic carbocycles. The van der Waals surface area contributed by atoms with E-state index in [2.05, 4.69) is 5.32 Å². The molecule has 1 aliphatic rings. The molecule has 0 spiro atoms. The van der Waals surface area contributed by atoms with Crippen LogP contribution in [-0.4, -0.2) is 50.5 Å². The number of benzene rings is 1. The summed E-state index contributed by atoms with van der Waals surface area (Å²) in [4.78, 5) is 56.1. The molecule has 11 heteroatoms. The molecule has 0 aliphatic heterocycles. The van der Waals surface area contributed by atoms with Gasteiger partial charge in [-0.05, 0) is 37.5 Å². The average Bonchev–Trinajstić information content (AvgIpc) is 3.33. The second kappa shape index (κ2) is 8.71. The van der Waals surface area contributed by atoms with Crippen molar-refractivity contribution in [3.05, 3.63) is 33.8 Å². The standard InChI is InChI=1S/C16H19Cl2N2O6P/c1-9(21)15(20(12-4-5-12)14(22)8-27(24,25)26)16(23)19-7-10-2-3-11(17)6-13(10)18/h2-3,6,12,15H,4-5,7-8H2,1H3,(H,19,23)(H2,24,25,26). The van der Waals surface area contributed by atoms with Crippen molar-refractivity contribution in [2.75, 3.05) is 6.16 Å². The first-order valence-corrected chi connectivity index (χ1v) is 10.6. The zero-order valence-electron chi connectivity index (χ0n) is 14.4. The topological polar surface area (TPSA) is 124 Å². The number of Topliss-reactive ketones (excluding diaryl/α,β-unsaturated/α-hetero) is 1. The summed E-state index contributed by atoms with van der Waals surface area (Å²) in [6.45, 7) is 1.16. The van der Waals surface area contributed by atoms with Crippen molar-refractivity contribution < 1.29 is 28.7 Å². The Hall–Kier alpha value is -1.44. The Balaban J connectivity index is 2.16. The lowest BCUT2D eigenvalue weighted by Gasteiger charge is -2.29. The lowest BCUT2D eigenvalue weighted by atomic mass is 10.1. The summed E-state index contributed by atoms with van der Waals surface area (Å²) in [5, 5.41) is 3.31. The highest BCUT2D eigenvalue weighted by molar-refractivity contribution is 7.52. The van der Waals surface area contributed by atoms with Crippen LogP contribution >= 0.6 is 30.8 Å². The summed E-state index contributed by atoms with van der Waals surface area (Å²) in [5.41, 5.74) is 0.566. The number of hydrogen-bond acceptors (Lipinski definition) is 4. The van der Waals surface area contributed by atoms with Crippen LogP contribution in [0.15, 0.2) is 18.2 Å². The maximum atomic E-state index is 12.6. The third-order valence-electron chi connectivity index (χ3n) is 3.95. The Labute approximate surface area is 166 Å². The number of hydrogen-bond donors (Lipinski definition) is 3. The van der Waals surface area contributed by atoms with Gasteiger partial charge >= 0.3 is 7.60 Å². The molecule has 0 radical (unpaired) electrons. The van der Waals surface area contributed by atoms with Gasteiger partial charge in [-0.15, -0.1) is 0 Å². The number of nitrogens with one attached hydrogen (secondary N) is 1. The third-order valence-corrected chi connectivity index (χ3v) is 5.22. The molecule has 0 saturated heterocycles. The monoisotopic (exact) mass is 436 g/mol. The highest BCUT2D eigenvalue weighted by Gasteiger charge is 2.43. The van der Waals surface area contributed by atoms with E-state index >= 15 is 0 Å². The molecule has 1 unspecified atom stereocenters. The van der Waals surface area contributed by atoms with Gasteiger partial charge in [0, 0.05) is 22.6 Å². The smallest absolute Gasteiger partial charge is 0.334 e. The average molecular weight is 437 g/mol. The predicted molar refractivity (Wildman–Crippen MR) is 99.6 cm³/mol. The van der Waals surface area contributed by atoms with E-state index in [9.17, 15) is 18.9 Å². The van der Waals surface area contributed by atoms with Crippen LogP contribution in [0.1, 0.15) is 25.3 Å². The number of carbonyl (C=O) groups excluding carboxylic acids is 3. The van der Waals surface area contributed by atoms with Crippen LogP contribution in [0.5, 0.6) is 0 Å². The van der Waals surface area contributed by atoms with Gasteiger partial charge in [0.2, 0.25) is 5.91 Å². The molecule has 1 saturated carbocycles. The van der Waals surface area contributed by atoms with Crippen molar-refractivity contribution in [1.29, 1.82) is 0 Å². The summed E-state index contributed by atoms with van der Waals surface area (Å²) >= 11 is 11.9. The fourth-order valence-corrected chi connectivity index (χ4v) is 3.61. The summed E-state index contributed by atoms with van der Waals surface area (Å²) in [7, 11) is -4.63. The maximum absolute atomic E-state index is 12.6. The highest BCUT2D eigenvalue weighted by Crippen LogP contribution is 2.37. The first-order valence-electron chi connectivity index (χ1n) is 8.07. The van der Waals surface area contributed by atoms with Crippen molar-refractivity contribution in [2.24, 2.45) is 0 Å². The highest BCUT2D eigenvalue weighted by atomic mass is 35.5. The zero-order valence-corrected chi connectivity index (χ0v) is 16.8. The van der Waals surface area contributed by atoms with Crippen LogP contribution in [0, 0.1) is 0 Å². The van der Waals surface area contributed by atoms with Crippen LogP contribution in [0.25, 0.3) is 0 Å². The van der Waals surface area contributed by atoms with Crippen LogP contribution in [-0.2, 0) is 25.5 Å². The Morgan fingerprint density at radius 1 is 1.30 bits per heavy atom. The Morgan fingerprint density at radius 2 is 1.93 bits per heavy atom. The van der Waals surface area contributed by atoms with Crippen molar-refractivity contribution in [2.45, 2.75) is 38.4 Å². The minimum absolute atomic E-state index is 0.00378. The van der Waals surface area contributed by atoms with Crippen LogP contribution in [0.4, 0.5) is 0 Å². The first kappa shape index (κ1) is 21.9. The van der Waals surface area contributed by atoms with E-state index in [4.69, 9.17) is 33.0 Å². The van der Waals surface area contributed by atoms with Gasteiger partial charge in [-0.1, -0.05) is 29.3 Å². The van der Waals surface area contributed by atoms with E-state index < -0.39 is 37.4 Å². The SMILES string of the molecule is CC(=O)C(C(=O)NCc1ccc(Cl)cc1Cl)N(C(=O)CP(=O)(O)O)C1CC1. The molecule has 27 heavy (non-hydrogen) atoms. The second-order valence-corrected chi connectivity index (χ2v) is 8.81. The minimum atomic E-state index is -4.63. The Bertz CT molecular complexity index is 808. The maximum Gasteiger partial charge on any atom is 0.334 e. The molecule has 2 amide bonds. The number of amides is 2. The van der Waals surface area contributed by atoms with Gasteiger partial charge in [-0.2, -0.15) is 0 Å². The molecule has 1 atom stereocenters. The second-order valence-electron chi connectivity index (χ2n) is 6.32. The lowest BCUT2D eigenvalue weighted by Crippen LogP contribution is -2.54. The van der Waals surface area contributed by atoms with Crippen molar-refractivity contribution in [3.63, 3.8) is 0 Å². The number of rotatable bonds is 8. The number of ketones is 1. The molecule has 2 rings (SSSR count). The number of halogens is 2. The number of carbonyl (C=O) groups is 3. The van der Waals surface area contributed by atoms with Gasteiger partial charge < -0.3 is 20.0 Å². The van der Waals surface area contributed by atoms with Gasteiger partial charge in [0.25, 0.3) is 5.91 Å². The summed E-state index contributed by atoms with van der Waals surface area (Å²) in [6, 6.07) is 2.88. The summed E-state index contributed by atoms with van der Waals surface area (Å²) in [6.07, 6.45) is 0.0729. The third kappa shape index (κ3) is 6.30. The molecule has 1 aromatic rings. The molecular weight excluding hydrogens is 418 g/mol. The van der Waals surface area contributed by atoms with Crippen LogP contribution < -0.4 is 5.32 Å². The van der Waals surface area contributed by atoms with E-state index in [-0.39, 0.29) is 12.6 Å². The van der Waals surface area contributed by atoms with E-state index in [1.54, 1.807) is 12.1 Å². The molecule has 1 aliphatic carbocycles. The fourth-order valence-electron chi connectivity index (χ4n) is 2.62. The van der Waals surface area contributed by atoms with Gasteiger partial charge in [0.15, 0.2) is 11.8 Å². The van der Waals surface area contributed by atoms with Crippen LogP contribution in [0.3, 0.4) is 0 Å². The van der Waals surface area contributed by atoms with E-state index in [0.29, 0.717) is 28.5 Å². The normalized spacial score (nSPS) is 15.1. The Morgan fingerprint density at radius 3 is 2.41 bits per heavy atom. The van der Waals surface area contributed by atoms with Crippen LogP contribution in [0.2, 0.25) is 10.0 Å². The quantitative estimate of drug-likeness (QED) is 0.421. The van der Waals surface area contributed by atoms with Crippen molar-refractivity contribution >= 4 is 48.4 Å². The van der Waals surface area contributed by atoms with Gasteiger partial charge in [-0.25, -0.2) is 0 Å². The van der Waals surface area contributed by atoms with Gasteiger partial charge in [0.05, 0.1) is 0 Å². The first-order chi connectivity index (χ1) is 12.5. The van der Waals surface area contributed by atoms with Crippen molar-refractivity contribution in [3.8, 4) is 0 Å². The number of nitrogens with zero attached hydrogens (tertiary/aromatic N) is 1. The van der Waals surface area contributed by atoms with Gasteiger partial charge in [0.1, 0.15) is 6.16 Å². The van der Waals surface area contributed by atoms with Crippen molar-refractivity contribution in [1.82, 2.24) is 10.2 Å². The Kier molecular flexibility index (Phi) is 7.05. The molecule has 0 bridgehead atoms. The lowest BCUT2D eigenvalue weighted by molar-refractivity contribution is -0.145. The molecule has 3 N–H and O–H groups in total. The largest absolute Gasteiger partial charge is 0.350 e. The summed E-state index contributed by atoms with van der Waals surface area (Å²) < 4.78 is 11.2. The zero-order chi connectivity index (χ0) is 20.4.